The number of rotatable bonds is 4. The highest BCUT2D eigenvalue weighted by molar-refractivity contribution is 7.16. The lowest BCUT2D eigenvalue weighted by molar-refractivity contribution is 0.0746. The minimum absolute atomic E-state index is 0. The minimum atomic E-state index is -0.124. The molecule has 1 saturated carbocycles. The highest BCUT2D eigenvalue weighted by Gasteiger charge is 2.28. The van der Waals surface area contributed by atoms with Crippen LogP contribution in [0.4, 0.5) is 0 Å². The first-order valence-corrected chi connectivity index (χ1v) is 11.5. The molecule has 0 atom stereocenters. The standard InChI is InChI=1S/C23H23N3OS.C2H6.H3N/c1-26-20(11-12-24-26)23-25-21(22(28-23)17-5-3-2-4-6-17)16-9-7-15(8-10-16)18-13-19(27)14-18;1-2;/h2-11,18-19,24,27H,12-14H2,1H3;1-2H3;1H3. The summed E-state index contributed by atoms with van der Waals surface area (Å²) in [6, 6.07) is 19.2. The Hall–Kier alpha value is -2.51. The van der Waals surface area contributed by atoms with Crippen LogP contribution in [0.15, 0.2) is 60.7 Å². The van der Waals surface area contributed by atoms with Gasteiger partial charge in [0.2, 0.25) is 0 Å². The lowest BCUT2D eigenvalue weighted by Gasteiger charge is -2.31. The van der Waals surface area contributed by atoms with Gasteiger partial charge in [-0.3, -0.25) is 0 Å². The van der Waals surface area contributed by atoms with Gasteiger partial charge in [-0.25, -0.2) is 10.4 Å². The Bertz CT molecular complexity index is 1010. The molecule has 0 amide bonds. The maximum Gasteiger partial charge on any atom is 0.141 e. The number of hydrazine groups is 1. The molecule has 1 aliphatic carbocycles. The molecule has 3 aromatic rings. The first kappa shape index (κ1) is 23.2. The fraction of sp³-hybridized carbons (Fsp3) is 0.320. The van der Waals surface area contributed by atoms with E-state index in [-0.39, 0.29) is 12.3 Å². The number of hydrogen-bond donors (Lipinski definition) is 3. The predicted octanol–water partition coefficient (Wildman–Crippen LogP) is 5.69. The fourth-order valence-electron chi connectivity index (χ4n) is 3.92. The maximum absolute atomic E-state index is 9.58. The molecular formula is C25H32N4OS. The summed E-state index contributed by atoms with van der Waals surface area (Å²) in [6.07, 6.45) is 3.81. The fourth-order valence-corrected chi connectivity index (χ4v) is 5.09. The molecule has 5 N–H and O–H groups in total. The van der Waals surface area contributed by atoms with E-state index in [4.69, 9.17) is 4.98 Å². The Morgan fingerprint density at radius 1 is 1.00 bits per heavy atom. The largest absolute Gasteiger partial charge is 0.393 e. The molecule has 2 aliphatic rings. The molecule has 1 aromatic heterocycles. The van der Waals surface area contributed by atoms with E-state index in [1.165, 1.54) is 16.0 Å². The Labute approximate surface area is 189 Å². The topological polar surface area (TPSA) is 83.4 Å². The van der Waals surface area contributed by atoms with Gasteiger partial charge in [0.15, 0.2) is 0 Å². The maximum atomic E-state index is 9.58. The minimum Gasteiger partial charge on any atom is -0.393 e. The molecular weight excluding hydrogens is 404 g/mol. The van der Waals surface area contributed by atoms with Gasteiger partial charge >= 0.3 is 0 Å². The molecule has 0 unspecified atom stereocenters. The monoisotopic (exact) mass is 436 g/mol. The molecule has 1 fully saturated rings. The summed E-state index contributed by atoms with van der Waals surface area (Å²) in [4.78, 5) is 6.24. The van der Waals surface area contributed by atoms with Crippen molar-refractivity contribution in [2.45, 2.75) is 38.7 Å². The smallest absolute Gasteiger partial charge is 0.141 e. The van der Waals surface area contributed by atoms with Gasteiger partial charge in [0.05, 0.1) is 22.4 Å². The first-order valence-electron chi connectivity index (χ1n) is 10.7. The molecule has 2 heterocycles. The van der Waals surface area contributed by atoms with E-state index in [1.807, 2.05) is 32.0 Å². The number of hydrogen-bond acceptors (Lipinski definition) is 6. The summed E-state index contributed by atoms with van der Waals surface area (Å²) < 4.78 is 0. The predicted molar refractivity (Wildman–Crippen MR) is 131 cm³/mol. The van der Waals surface area contributed by atoms with Crippen LogP contribution in [0.3, 0.4) is 0 Å². The van der Waals surface area contributed by atoms with Crippen molar-refractivity contribution in [3.05, 3.63) is 71.2 Å². The summed E-state index contributed by atoms with van der Waals surface area (Å²) in [5, 5.41) is 12.7. The highest BCUT2D eigenvalue weighted by Crippen LogP contribution is 2.41. The van der Waals surface area contributed by atoms with Gasteiger partial charge in [-0.05, 0) is 36.0 Å². The average Bonchev–Trinajstić information content (AvgIpc) is 3.40. The zero-order valence-corrected chi connectivity index (χ0v) is 19.3. The summed E-state index contributed by atoms with van der Waals surface area (Å²) in [7, 11) is 2.03. The number of nitrogens with zero attached hydrogens (tertiary/aromatic N) is 2. The van der Waals surface area contributed by atoms with Crippen LogP contribution in [-0.2, 0) is 0 Å². The molecule has 5 nitrogen and oxygen atoms in total. The van der Waals surface area contributed by atoms with Gasteiger partial charge in [0.1, 0.15) is 5.01 Å². The normalized spacial score (nSPS) is 19.6. The lowest BCUT2D eigenvalue weighted by Crippen LogP contribution is -2.26. The van der Waals surface area contributed by atoms with Crippen molar-refractivity contribution in [1.82, 2.24) is 21.6 Å². The molecule has 164 valence electrons. The second-order valence-electron chi connectivity index (χ2n) is 7.52. The number of aliphatic hydroxyl groups excluding tert-OH is 1. The number of benzene rings is 2. The first-order chi connectivity index (χ1) is 14.7. The van der Waals surface area contributed by atoms with Crippen LogP contribution < -0.4 is 11.6 Å². The number of thiazole rings is 1. The van der Waals surface area contributed by atoms with Crippen molar-refractivity contribution >= 4 is 17.0 Å². The van der Waals surface area contributed by atoms with Crippen molar-refractivity contribution < 1.29 is 5.11 Å². The van der Waals surface area contributed by atoms with Gasteiger partial charge in [-0.15, -0.1) is 11.3 Å². The number of nitrogens with one attached hydrogen (secondary N) is 1. The van der Waals surface area contributed by atoms with E-state index < -0.39 is 0 Å². The SMILES string of the molecule is CC.CN1NCC=C1c1nc(-c2ccc(C3CC(O)C3)cc2)c(-c2ccccc2)s1.N. The van der Waals surface area contributed by atoms with Crippen LogP contribution in [0, 0.1) is 0 Å². The Morgan fingerprint density at radius 3 is 2.26 bits per heavy atom. The molecule has 0 spiro atoms. The molecule has 0 radical (unpaired) electrons. The van der Waals surface area contributed by atoms with Crippen molar-refractivity contribution in [2.24, 2.45) is 0 Å². The molecule has 5 rings (SSSR count). The van der Waals surface area contributed by atoms with Gasteiger partial charge < -0.3 is 16.3 Å². The van der Waals surface area contributed by atoms with E-state index in [0.29, 0.717) is 5.92 Å². The number of aromatic nitrogens is 1. The lowest BCUT2D eigenvalue weighted by atomic mass is 9.77. The van der Waals surface area contributed by atoms with Crippen LogP contribution in [0.1, 0.15) is 43.2 Å². The van der Waals surface area contributed by atoms with Gasteiger partial charge in [-0.1, -0.05) is 68.4 Å². The molecule has 0 saturated heterocycles. The molecule has 6 heteroatoms. The van der Waals surface area contributed by atoms with Crippen LogP contribution in [0.25, 0.3) is 27.4 Å². The van der Waals surface area contributed by atoms with Gasteiger partial charge in [-0.2, -0.15) is 0 Å². The third kappa shape index (κ3) is 4.72. The van der Waals surface area contributed by atoms with Crippen LogP contribution in [0.2, 0.25) is 0 Å². The zero-order chi connectivity index (χ0) is 21.1. The van der Waals surface area contributed by atoms with Crippen molar-refractivity contribution in [1.29, 1.82) is 0 Å². The molecule has 31 heavy (non-hydrogen) atoms. The Balaban J connectivity index is 0.000000883. The van der Waals surface area contributed by atoms with E-state index >= 15 is 0 Å². The Kier molecular flexibility index (Phi) is 7.62. The van der Waals surface area contributed by atoms with E-state index in [9.17, 15) is 5.11 Å². The summed E-state index contributed by atoms with van der Waals surface area (Å²) in [5.74, 6) is 0.493. The summed E-state index contributed by atoms with van der Waals surface area (Å²) >= 11 is 1.74. The molecule has 0 bridgehead atoms. The van der Waals surface area contributed by atoms with E-state index in [0.717, 1.165) is 41.3 Å². The van der Waals surface area contributed by atoms with Crippen molar-refractivity contribution in [3.8, 4) is 21.7 Å². The van der Waals surface area contributed by atoms with Crippen LogP contribution >= 0.6 is 11.3 Å². The highest BCUT2D eigenvalue weighted by atomic mass is 32.1. The van der Waals surface area contributed by atoms with Crippen LogP contribution in [-0.4, -0.2) is 34.8 Å². The van der Waals surface area contributed by atoms with Crippen molar-refractivity contribution in [2.75, 3.05) is 13.6 Å². The van der Waals surface area contributed by atoms with E-state index in [2.05, 4.69) is 60.0 Å². The average molecular weight is 437 g/mol. The zero-order valence-electron chi connectivity index (χ0n) is 18.5. The Morgan fingerprint density at radius 2 is 1.68 bits per heavy atom. The summed E-state index contributed by atoms with van der Waals surface area (Å²) in [5.41, 5.74) is 9.11. The third-order valence-electron chi connectivity index (χ3n) is 5.64. The van der Waals surface area contributed by atoms with Crippen LogP contribution in [0.5, 0.6) is 0 Å². The number of aliphatic hydroxyl groups is 1. The third-order valence-corrected chi connectivity index (χ3v) is 6.76. The summed E-state index contributed by atoms with van der Waals surface area (Å²) in [6.45, 7) is 4.84. The second kappa shape index (κ2) is 10.2. The molecule has 1 aliphatic heterocycles. The quantitative estimate of drug-likeness (QED) is 0.489. The van der Waals surface area contributed by atoms with E-state index in [1.54, 1.807) is 11.3 Å². The molecule has 2 aromatic carbocycles. The second-order valence-corrected chi connectivity index (χ2v) is 8.52. The van der Waals surface area contributed by atoms with Gasteiger partial charge in [0.25, 0.3) is 0 Å². The van der Waals surface area contributed by atoms with Gasteiger partial charge in [0, 0.05) is 19.2 Å². The van der Waals surface area contributed by atoms with Crippen molar-refractivity contribution in [3.63, 3.8) is 0 Å².